The minimum Gasteiger partial charge on any atom is -0.466 e. The minimum atomic E-state index is 0.0261. The Kier molecular flexibility index (Phi) is 4.43. The van der Waals surface area contributed by atoms with Crippen LogP contribution in [0.5, 0.6) is 0 Å². The molecule has 2 aromatic rings. The van der Waals surface area contributed by atoms with Crippen LogP contribution in [0.1, 0.15) is 40.5 Å². The van der Waals surface area contributed by atoms with E-state index in [1.54, 1.807) is 0 Å². The summed E-state index contributed by atoms with van der Waals surface area (Å²) in [6, 6.07) is 7.46. The predicted octanol–water partition coefficient (Wildman–Crippen LogP) is 3.46. The summed E-state index contributed by atoms with van der Waals surface area (Å²) in [4.78, 5) is 27.3. The lowest BCUT2D eigenvalue weighted by Crippen LogP contribution is -2.37. The van der Waals surface area contributed by atoms with E-state index in [0.717, 1.165) is 30.0 Å². The van der Waals surface area contributed by atoms with Crippen molar-refractivity contribution in [1.29, 1.82) is 0 Å². The van der Waals surface area contributed by atoms with E-state index in [4.69, 9.17) is 4.42 Å². The fraction of sp³-hybridized carbons (Fsp3) is 0.412. The van der Waals surface area contributed by atoms with Gasteiger partial charge in [-0.2, -0.15) is 0 Å². The first-order valence-electron chi connectivity index (χ1n) is 7.55. The summed E-state index contributed by atoms with van der Waals surface area (Å²) >= 11 is 1.46. The summed E-state index contributed by atoms with van der Waals surface area (Å²) in [7, 11) is 0. The maximum atomic E-state index is 12.5. The van der Waals surface area contributed by atoms with Crippen LogP contribution in [0.3, 0.4) is 0 Å². The van der Waals surface area contributed by atoms with Crippen LogP contribution in [-0.2, 0) is 11.2 Å². The van der Waals surface area contributed by atoms with Crippen molar-refractivity contribution in [3.05, 3.63) is 46.0 Å². The van der Waals surface area contributed by atoms with E-state index in [0.29, 0.717) is 12.2 Å². The van der Waals surface area contributed by atoms with Crippen molar-refractivity contribution < 1.29 is 14.0 Å². The van der Waals surface area contributed by atoms with E-state index in [1.807, 2.05) is 41.5 Å². The van der Waals surface area contributed by atoms with Crippen molar-refractivity contribution >= 4 is 23.0 Å². The monoisotopic (exact) mass is 317 g/mol. The van der Waals surface area contributed by atoms with E-state index in [1.165, 1.54) is 11.3 Å². The molecule has 0 saturated carbocycles. The Hall–Kier alpha value is -1.88. The number of nitrogens with zero attached hydrogens (tertiary/aromatic N) is 1. The zero-order valence-corrected chi connectivity index (χ0v) is 13.4. The normalized spacial score (nSPS) is 17.9. The summed E-state index contributed by atoms with van der Waals surface area (Å²) in [5.74, 6) is 1.69. The Morgan fingerprint density at radius 3 is 2.91 bits per heavy atom. The van der Waals surface area contributed by atoms with Gasteiger partial charge in [-0.3, -0.25) is 9.59 Å². The van der Waals surface area contributed by atoms with Crippen molar-refractivity contribution in [3.8, 4) is 0 Å². The molecule has 116 valence electrons. The van der Waals surface area contributed by atoms with Gasteiger partial charge in [0, 0.05) is 19.0 Å². The first-order chi connectivity index (χ1) is 10.6. The molecular formula is C17H19NO3S. The summed E-state index contributed by atoms with van der Waals surface area (Å²) in [5.41, 5.74) is 0. The van der Waals surface area contributed by atoms with Crippen molar-refractivity contribution in [2.45, 2.75) is 38.6 Å². The minimum absolute atomic E-state index is 0.0261. The molecule has 0 bridgehead atoms. The number of hydrogen-bond donors (Lipinski definition) is 0. The third kappa shape index (κ3) is 3.30. The Morgan fingerprint density at radius 1 is 1.36 bits per heavy atom. The van der Waals surface area contributed by atoms with Crippen LogP contribution in [0.25, 0.3) is 0 Å². The second-order valence-electron chi connectivity index (χ2n) is 5.68. The number of carbonyl (C=O) groups excluding carboxylic acids is 2. The average Bonchev–Trinajstić information content (AvgIpc) is 3.20. The molecule has 0 aromatic carbocycles. The highest BCUT2D eigenvalue weighted by molar-refractivity contribution is 7.12. The number of rotatable bonds is 5. The van der Waals surface area contributed by atoms with Gasteiger partial charge in [0.1, 0.15) is 11.5 Å². The Bertz CT molecular complexity index is 659. The lowest BCUT2D eigenvalue weighted by molar-refractivity contribution is -0.131. The number of Topliss-reactive ketones (excluding diaryl/α,β-unsaturated/α-hetero) is 1. The van der Waals surface area contributed by atoms with E-state index in [-0.39, 0.29) is 24.2 Å². The number of likely N-dealkylation sites (tertiary alicyclic amines) is 1. The molecule has 0 aliphatic carbocycles. The number of ketones is 1. The van der Waals surface area contributed by atoms with Gasteiger partial charge < -0.3 is 9.32 Å². The maximum Gasteiger partial charge on any atom is 0.230 e. The molecule has 4 nitrogen and oxygen atoms in total. The van der Waals surface area contributed by atoms with Gasteiger partial charge >= 0.3 is 0 Å². The van der Waals surface area contributed by atoms with E-state index >= 15 is 0 Å². The van der Waals surface area contributed by atoms with E-state index in [9.17, 15) is 9.59 Å². The van der Waals surface area contributed by atoms with Gasteiger partial charge in [0.15, 0.2) is 5.78 Å². The molecule has 1 amide bonds. The number of carbonyl (C=O) groups is 2. The smallest absolute Gasteiger partial charge is 0.230 e. The zero-order chi connectivity index (χ0) is 15.5. The van der Waals surface area contributed by atoms with Crippen LogP contribution in [0, 0.1) is 6.92 Å². The maximum absolute atomic E-state index is 12.5. The molecule has 2 aromatic heterocycles. The van der Waals surface area contributed by atoms with Crippen LogP contribution < -0.4 is 0 Å². The largest absolute Gasteiger partial charge is 0.466 e. The van der Waals surface area contributed by atoms with Crippen LogP contribution in [0.15, 0.2) is 34.1 Å². The molecule has 3 rings (SSSR count). The topological polar surface area (TPSA) is 50.5 Å². The summed E-state index contributed by atoms with van der Waals surface area (Å²) in [6.07, 6.45) is 2.56. The van der Waals surface area contributed by atoms with Gasteiger partial charge in [0.05, 0.1) is 11.3 Å². The number of aryl methyl sites for hydroxylation is 1. The first-order valence-corrected chi connectivity index (χ1v) is 8.43. The second kappa shape index (κ2) is 6.48. The molecule has 5 heteroatoms. The summed E-state index contributed by atoms with van der Waals surface area (Å²) in [5, 5.41) is 1.91. The highest BCUT2D eigenvalue weighted by atomic mass is 32.1. The number of furan rings is 1. The molecule has 0 unspecified atom stereocenters. The number of amides is 1. The predicted molar refractivity (Wildman–Crippen MR) is 85.2 cm³/mol. The molecule has 0 spiro atoms. The average molecular weight is 317 g/mol. The molecule has 1 aliphatic heterocycles. The fourth-order valence-electron chi connectivity index (χ4n) is 2.96. The van der Waals surface area contributed by atoms with Crippen molar-refractivity contribution in [2.75, 3.05) is 6.54 Å². The Labute approximate surface area is 133 Å². The Balaban J connectivity index is 1.62. The van der Waals surface area contributed by atoms with Crippen LogP contribution in [0.4, 0.5) is 0 Å². The summed E-state index contributed by atoms with van der Waals surface area (Å²) < 4.78 is 5.48. The highest BCUT2D eigenvalue weighted by Crippen LogP contribution is 2.24. The van der Waals surface area contributed by atoms with E-state index in [2.05, 4.69) is 0 Å². The van der Waals surface area contributed by atoms with Crippen molar-refractivity contribution in [1.82, 2.24) is 4.90 Å². The highest BCUT2D eigenvalue weighted by Gasteiger charge is 2.31. The molecule has 0 radical (unpaired) electrons. The van der Waals surface area contributed by atoms with Crippen LogP contribution in [-0.4, -0.2) is 29.2 Å². The van der Waals surface area contributed by atoms with Crippen molar-refractivity contribution in [2.24, 2.45) is 0 Å². The van der Waals surface area contributed by atoms with Gasteiger partial charge in [0.25, 0.3) is 0 Å². The zero-order valence-electron chi connectivity index (χ0n) is 12.6. The molecule has 1 saturated heterocycles. The molecule has 1 atom stereocenters. The third-order valence-electron chi connectivity index (χ3n) is 4.04. The third-order valence-corrected chi connectivity index (χ3v) is 4.95. The van der Waals surface area contributed by atoms with Gasteiger partial charge in [-0.05, 0) is 43.3 Å². The second-order valence-corrected chi connectivity index (χ2v) is 6.62. The van der Waals surface area contributed by atoms with Crippen LogP contribution in [0.2, 0.25) is 0 Å². The van der Waals surface area contributed by atoms with Gasteiger partial charge in [-0.25, -0.2) is 0 Å². The van der Waals surface area contributed by atoms with Gasteiger partial charge in [-0.1, -0.05) is 6.07 Å². The van der Waals surface area contributed by atoms with Gasteiger partial charge in [0.2, 0.25) is 5.91 Å². The molecular weight excluding hydrogens is 298 g/mol. The number of thiophene rings is 1. The molecule has 0 N–H and O–H groups in total. The number of hydrogen-bond acceptors (Lipinski definition) is 4. The SMILES string of the molecule is Cc1ccc(CC(=O)N2CCC[C@H]2CC(=O)c2cccs2)o1. The summed E-state index contributed by atoms with van der Waals surface area (Å²) in [6.45, 7) is 2.60. The van der Waals surface area contributed by atoms with Gasteiger partial charge in [-0.15, -0.1) is 11.3 Å². The molecule has 3 heterocycles. The fourth-order valence-corrected chi connectivity index (χ4v) is 3.63. The lowest BCUT2D eigenvalue weighted by atomic mass is 10.1. The molecule has 1 aliphatic rings. The van der Waals surface area contributed by atoms with Crippen molar-refractivity contribution in [3.63, 3.8) is 0 Å². The lowest BCUT2D eigenvalue weighted by Gasteiger charge is -2.23. The molecule has 1 fully saturated rings. The van der Waals surface area contributed by atoms with E-state index < -0.39 is 0 Å². The first kappa shape index (κ1) is 15.0. The standard InChI is InChI=1S/C17H19NO3S/c1-12-6-7-14(21-12)11-17(20)18-8-2-4-13(18)10-15(19)16-5-3-9-22-16/h3,5-7,9,13H,2,4,8,10-11H2,1H3/t13-/m0/s1. The molecule has 22 heavy (non-hydrogen) atoms. The quantitative estimate of drug-likeness (QED) is 0.794. The van der Waals surface area contributed by atoms with Crippen LogP contribution >= 0.6 is 11.3 Å². The Morgan fingerprint density at radius 2 is 2.23 bits per heavy atom.